The first-order chi connectivity index (χ1) is 16.0. The average Bonchev–Trinajstić information content (AvgIpc) is 2.85. The second-order valence-electron chi connectivity index (χ2n) is 7.93. The van der Waals surface area contributed by atoms with Gasteiger partial charge in [-0.05, 0) is 28.8 Å². The molecule has 2 aromatic carbocycles. The number of fused-ring (bicyclic) bond motifs is 1. The number of benzene rings is 2. The van der Waals surface area contributed by atoms with E-state index in [1.807, 2.05) is 42.5 Å². The zero-order chi connectivity index (χ0) is 23.4. The van der Waals surface area contributed by atoms with E-state index in [0.29, 0.717) is 23.5 Å². The first-order valence-electron chi connectivity index (χ1n) is 10.6. The standard InChI is InChI=1S/C25H24ClNO5S/c1-31-20-9-7-17(8-10-20)14-32-25(30)22-18(13-26)15-33-24-21(23(29)27(22)24)12-19(28)11-16-5-3-2-4-6-16/h2-10,21,24H,11-15H2,1H3/t21-,24?/m1/s1. The predicted octanol–water partition coefficient (Wildman–Crippen LogP) is 3.96. The van der Waals surface area contributed by atoms with Gasteiger partial charge in [-0.15, -0.1) is 23.4 Å². The molecule has 2 heterocycles. The fraction of sp³-hybridized carbons (Fsp3) is 0.320. The minimum absolute atomic E-state index is 0.00977. The van der Waals surface area contributed by atoms with Crippen molar-refractivity contribution in [3.05, 3.63) is 77.0 Å². The molecule has 2 aliphatic heterocycles. The number of thioether (sulfide) groups is 1. The van der Waals surface area contributed by atoms with Crippen LogP contribution in [0.25, 0.3) is 0 Å². The maximum absolute atomic E-state index is 13.0. The van der Waals surface area contributed by atoms with Gasteiger partial charge in [-0.2, -0.15) is 0 Å². The van der Waals surface area contributed by atoms with Crippen LogP contribution in [0, 0.1) is 5.92 Å². The number of carbonyl (C=O) groups is 3. The van der Waals surface area contributed by atoms with E-state index in [4.69, 9.17) is 21.1 Å². The van der Waals surface area contributed by atoms with Crippen LogP contribution in [0.2, 0.25) is 0 Å². The number of hydrogen-bond acceptors (Lipinski definition) is 6. The maximum Gasteiger partial charge on any atom is 0.355 e. The molecule has 0 saturated carbocycles. The number of halogens is 1. The maximum atomic E-state index is 13.0. The first kappa shape index (κ1) is 23.4. The highest BCUT2D eigenvalue weighted by atomic mass is 35.5. The largest absolute Gasteiger partial charge is 0.497 e. The summed E-state index contributed by atoms with van der Waals surface area (Å²) >= 11 is 7.61. The molecule has 172 valence electrons. The zero-order valence-corrected chi connectivity index (χ0v) is 19.7. The topological polar surface area (TPSA) is 72.9 Å². The lowest BCUT2D eigenvalue weighted by Crippen LogP contribution is -2.62. The number of esters is 1. The number of nitrogens with zero attached hydrogens (tertiary/aromatic N) is 1. The molecule has 0 spiro atoms. The molecule has 1 saturated heterocycles. The SMILES string of the molecule is COc1ccc(COC(=O)C2=C(CCl)CSC3[C@H](CC(=O)Cc4ccccc4)C(=O)N23)cc1. The number of alkyl halides is 1. The lowest BCUT2D eigenvalue weighted by Gasteiger charge is -2.49. The van der Waals surface area contributed by atoms with Crippen LogP contribution in [0.1, 0.15) is 17.5 Å². The summed E-state index contributed by atoms with van der Waals surface area (Å²) in [5, 5.41) is -0.257. The quantitative estimate of drug-likeness (QED) is 0.304. The van der Waals surface area contributed by atoms with Crippen LogP contribution < -0.4 is 4.74 Å². The summed E-state index contributed by atoms with van der Waals surface area (Å²) in [7, 11) is 1.58. The third-order valence-electron chi connectivity index (χ3n) is 5.73. The van der Waals surface area contributed by atoms with Crippen LogP contribution in [-0.4, -0.2) is 46.7 Å². The van der Waals surface area contributed by atoms with E-state index in [9.17, 15) is 14.4 Å². The van der Waals surface area contributed by atoms with E-state index < -0.39 is 11.9 Å². The van der Waals surface area contributed by atoms with Crippen LogP contribution in [0.4, 0.5) is 0 Å². The summed E-state index contributed by atoms with van der Waals surface area (Å²) < 4.78 is 10.6. The number of hydrogen-bond donors (Lipinski definition) is 0. The van der Waals surface area contributed by atoms with E-state index in [0.717, 1.165) is 11.1 Å². The van der Waals surface area contributed by atoms with E-state index in [1.165, 1.54) is 16.7 Å². The van der Waals surface area contributed by atoms with E-state index in [-0.39, 0.29) is 41.7 Å². The Balaban J connectivity index is 1.41. The predicted molar refractivity (Wildman–Crippen MR) is 127 cm³/mol. The lowest BCUT2D eigenvalue weighted by atomic mass is 9.89. The summed E-state index contributed by atoms with van der Waals surface area (Å²) in [6.07, 6.45) is 0.452. The first-order valence-corrected chi connectivity index (χ1v) is 12.2. The van der Waals surface area contributed by atoms with Crippen LogP contribution in [0.3, 0.4) is 0 Å². The smallest absolute Gasteiger partial charge is 0.355 e. The van der Waals surface area contributed by atoms with E-state index in [2.05, 4.69) is 0 Å². The fourth-order valence-electron chi connectivity index (χ4n) is 3.99. The minimum atomic E-state index is -0.575. The molecular formula is C25H24ClNO5S. The number of ether oxygens (including phenoxy) is 2. The van der Waals surface area contributed by atoms with Crippen molar-refractivity contribution < 1.29 is 23.9 Å². The number of β-lactam (4-membered cyclic amide) rings is 1. The van der Waals surface area contributed by atoms with Crippen LogP contribution in [0.5, 0.6) is 5.75 Å². The van der Waals surface area contributed by atoms with Crippen LogP contribution in [-0.2, 0) is 32.1 Å². The van der Waals surface area contributed by atoms with Gasteiger partial charge in [0.15, 0.2) is 0 Å². The third kappa shape index (κ3) is 5.09. The molecule has 0 aromatic heterocycles. The molecule has 8 heteroatoms. The van der Waals surface area contributed by atoms with Crippen molar-refractivity contribution >= 4 is 41.0 Å². The number of methoxy groups -OCH3 is 1. The molecule has 0 N–H and O–H groups in total. The number of Topliss-reactive ketones (excluding diaryl/α,β-unsaturated/α-hetero) is 1. The Kier molecular flexibility index (Phi) is 7.40. The van der Waals surface area contributed by atoms with Crippen molar-refractivity contribution in [2.75, 3.05) is 18.7 Å². The van der Waals surface area contributed by atoms with Crippen LogP contribution in [0.15, 0.2) is 65.9 Å². The molecular weight excluding hydrogens is 462 g/mol. The van der Waals surface area contributed by atoms with E-state index in [1.54, 1.807) is 19.2 Å². The summed E-state index contributed by atoms with van der Waals surface area (Å²) in [6, 6.07) is 16.7. The number of carbonyl (C=O) groups excluding carboxylic acids is 3. The average molecular weight is 486 g/mol. The molecule has 4 rings (SSSR count). The summed E-state index contributed by atoms with van der Waals surface area (Å²) in [4.78, 5) is 39.9. The highest BCUT2D eigenvalue weighted by Crippen LogP contribution is 2.45. The molecule has 1 amide bonds. The molecule has 33 heavy (non-hydrogen) atoms. The highest BCUT2D eigenvalue weighted by molar-refractivity contribution is 8.00. The fourth-order valence-corrected chi connectivity index (χ4v) is 5.74. The van der Waals surface area contributed by atoms with Crippen molar-refractivity contribution in [3.8, 4) is 5.75 Å². The van der Waals surface area contributed by atoms with Crippen molar-refractivity contribution in [2.45, 2.75) is 24.8 Å². The Bertz CT molecular complexity index is 1070. The highest BCUT2D eigenvalue weighted by Gasteiger charge is 2.53. The number of ketones is 1. The molecule has 1 unspecified atom stereocenters. The molecule has 0 aliphatic carbocycles. The van der Waals surface area contributed by atoms with Gasteiger partial charge in [0.05, 0.1) is 18.4 Å². The third-order valence-corrected chi connectivity index (χ3v) is 7.45. The Labute approximate surface area is 201 Å². The summed E-state index contributed by atoms with van der Waals surface area (Å²) in [5.74, 6) is 0.135. The van der Waals surface area contributed by atoms with Crippen molar-refractivity contribution in [3.63, 3.8) is 0 Å². The van der Waals surface area contributed by atoms with Crippen molar-refractivity contribution in [1.29, 1.82) is 0 Å². The van der Waals surface area contributed by atoms with Gasteiger partial charge in [0.1, 0.15) is 23.8 Å². The Morgan fingerprint density at radius 3 is 2.48 bits per heavy atom. The van der Waals surface area contributed by atoms with Gasteiger partial charge >= 0.3 is 5.97 Å². The molecule has 1 fully saturated rings. The molecule has 6 nitrogen and oxygen atoms in total. The normalized spacial score (nSPS) is 19.6. The second kappa shape index (κ2) is 10.4. The Morgan fingerprint density at radius 2 is 1.82 bits per heavy atom. The Hall–Kier alpha value is -2.77. The van der Waals surface area contributed by atoms with E-state index >= 15 is 0 Å². The van der Waals surface area contributed by atoms with Gasteiger partial charge in [-0.3, -0.25) is 14.5 Å². The number of amides is 1. The lowest BCUT2D eigenvalue weighted by molar-refractivity contribution is -0.156. The van der Waals surface area contributed by atoms with Crippen LogP contribution >= 0.6 is 23.4 Å². The summed E-state index contributed by atoms with van der Waals surface area (Å²) in [6.45, 7) is 0.0702. The summed E-state index contributed by atoms with van der Waals surface area (Å²) in [5.41, 5.74) is 2.62. The zero-order valence-electron chi connectivity index (χ0n) is 18.2. The van der Waals surface area contributed by atoms with Gasteiger partial charge in [-0.1, -0.05) is 42.5 Å². The number of rotatable bonds is 9. The molecule has 2 aromatic rings. The molecule has 2 aliphatic rings. The van der Waals surface area contributed by atoms with Gasteiger partial charge in [0.25, 0.3) is 0 Å². The van der Waals surface area contributed by atoms with Gasteiger partial charge in [0.2, 0.25) is 5.91 Å². The molecule has 0 bridgehead atoms. The minimum Gasteiger partial charge on any atom is -0.497 e. The Morgan fingerprint density at radius 1 is 1.09 bits per heavy atom. The van der Waals surface area contributed by atoms with Gasteiger partial charge < -0.3 is 9.47 Å². The molecule has 0 radical (unpaired) electrons. The van der Waals surface area contributed by atoms with Crippen molar-refractivity contribution in [1.82, 2.24) is 4.90 Å². The van der Waals surface area contributed by atoms with Gasteiger partial charge in [0, 0.05) is 24.5 Å². The monoisotopic (exact) mass is 485 g/mol. The van der Waals surface area contributed by atoms with Gasteiger partial charge in [-0.25, -0.2) is 4.79 Å². The van der Waals surface area contributed by atoms with Crippen molar-refractivity contribution in [2.24, 2.45) is 5.92 Å². The molecule has 2 atom stereocenters. The second-order valence-corrected chi connectivity index (χ2v) is 9.30.